The number of nitrogens with zero attached hydrogens (tertiary/aromatic N) is 1. The van der Waals surface area contributed by atoms with Gasteiger partial charge in [0.1, 0.15) is 5.69 Å². The molecule has 0 aliphatic heterocycles. The average molecular weight is 232 g/mol. The van der Waals surface area contributed by atoms with Gasteiger partial charge in [0.2, 0.25) is 5.91 Å². The third-order valence-electron chi connectivity index (χ3n) is 2.15. The second-order valence-corrected chi connectivity index (χ2v) is 3.55. The number of nitrogens with two attached hydrogens (primary N) is 1. The van der Waals surface area contributed by atoms with Crippen LogP contribution in [0.1, 0.15) is 30.5 Å². The van der Waals surface area contributed by atoms with Gasteiger partial charge in [-0.25, -0.2) is 0 Å². The maximum absolute atomic E-state index is 12.2. The topological polar surface area (TPSA) is 56.0 Å². The molecule has 0 fully saturated rings. The number of hydrogen-bond acceptors (Lipinski definition) is 2. The van der Waals surface area contributed by atoms with Gasteiger partial charge in [0.25, 0.3) is 0 Å². The summed E-state index contributed by atoms with van der Waals surface area (Å²) in [7, 11) is 0. The first-order valence-electron chi connectivity index (χ1n) is 4.62. The fraction of sp³-hybridized carbons (Fsp3) is 0.400. The van der Waals surface area contributed by atoms with Crippen molar-refractivity contribution in [2.75, 3.05) is 0 Å². The molecule has 1 unspecified atom stereocenters. The zero-order valence-corrected chi connectivity index (χ0v) is 8.58. The summed E-state index contributed by atoms with van der Waals surface area (Å²) in [6.45, 7) is 1.70. The highest BCUT2D eigenvalue weighted by atomic mass is 19.4. The number of carbonyl (C=O) groups excluding carboxylic acids is 1. The van der Waals surface area contributed by atoms with E-state index in [0.29, 0.717) is 5.56 Å². The number of alkyl halides is 3. The van der Waals surface area contributed by atoms with Gasteiger partial charge in [0.15, 0.2) is 0 Å². The first kappa shape index (κ1) is 12.5. The first-order valence-corrected chi connectivity index (χ1v) is 4.62. The molecule has 2 N–H and O–H groups in total. The van der Waals surface area contributed by atoms with E-state index in [1.807, 2.05) is 0 Å². The third kappa shape index (κ3) is 3.22. The summed E-state index contributed by atoms with van der Waals surface area (Å²) < 4.78 is 36.6. The Hall–Kier alpha value is -1.59. The van der Waals surface area contributed by atoms with Gasteiger partial charge in [-0.05, 0) is 17.5 Å². The van der Waals surface area contributed by atoms with Crippen LogP contribution in [0.3, 0.4) is 0 Å². The van der Waals surface area contributed by atoms with Crippen LogP contribution in [-0.2, 0) is 11.0 Å². The Morgan fingerprint density at radius 2 is 2.12 bits per heavy atom. The van der Waals surface area contributed by atoms with Crippen molar-refractivity contribution < 1.29 is 18.0 Å². The number of hydrogen-bond donors (Lipinski definition) is 1. The van der Waals surface area contributed by atoms with Gasteiger partial charge in [-0.1, -0.05) is 13.0 Å². The van der Waals surface area contributed by atoms with Gasteiger partial charge in [-0.3, -0.25) is 9.78 Å². The van der Waals surface area contributed by atoms with Gasteiger partial charge >= 0.3 is 6.18 Å². The zero-order chi connectivity index (χ0) is 12.3. The Morgan fingerprint density at radius 3 is 2.50 bits per heavy atom. The summed E-state index contributed by atoms with van der Waals surface area (Å²) >= 11 is 0. The lowest BCUT2D eigenvalue weighted by atomic mass is 9.99. The van der Waals surface area contributed by atoms with Gasteiger partial charge in [0, 0.05) is 12.6 Å². The van der Waals surface area contributed by atoms with E-state index >= 15 is 0 Å². The second kappa shape index (κ2) is 4.51. The number of primary amides is 1. The number of amides is 1. The van der Waals surface area contributed by atoms with Crippen molar-refractivity contribution >= 4 is 5.91 Å². The van der Waals surface area contributed by atoms with Crippen LogP contribution in [0.2, 0.25) is 0 Å². The highest BCUT2D eigenvalue weighted by Gasteiger charge is 2.32. The normalized spacial score (nSPS) is 13.5. The van der Waals surface area contributed by atoms with Crippen molar-refractivity contribution in [2.24, 2.45) is 5.73 Å². The Bertz CT molecular complexity index is 373. The molecule has 88 valence electrons. The molecule has 16 heavy (non-hydrogen) atoms. The van der Waals surface area contributed by atoms with Crippen LogP contribution >= 0.6 is 0 Å². The maximum Gasteiger partial charge on any atom is 0.433 e. The fourth-order valence-corrected chi connectivity index (χ4v) is 1.28. The molecule has 0 aliphatic carbocycles. The summed E-state index contributed by atoms with van der Waals surface area (Å²) in [6, 6.07) is 2.20. The SMILES string of the molecule is CC(CC(N)=O)c1ccc(C(F)(F)F)nc1. The largest absolute Gasteiger partial charge is 0.433 e. The van der Waals surface area contributed by atoms with Crippen LogP contribution in [0.25, 0.3) is 0 Å². The highest BCUT2D eigenvalue weighted by molar-refractivity contribution is 5.74. The lowest BCUT2D eigenvalue weighted by Crippen LogP contribution is -2.14. The van der Waals surface area contributed by atoms with Crippen molar-refractivity contribution in [1.29, 1.82) is 0 Å². The molecule has 1 heterocycles. The molecule has 1 rings (SSSR count). The molecule has 1 atom stereocenters. The Kier molecular flexibility index (Phi) is 3.51. The van der Waals surface area contributed by atoms with E-state index in [2.05, 4.69) is 4.98 Å². The number of pyridine rings is 1. The molecule has 0 aliphatic rings. The highest BCUT2D eigenvalue weighted by Crippen LogP contribution is 2.28. The van der Waals surface area contributed by atoms with E-state index < -0.39 is 17.8 Å². The first-order chi connectivity index (χ1) is 7.30. The number of rotatable bonds is 3. The standard InChI is InChI=1S/C10H11F3N2O/c1-6(4-9(14)16)7-2-3-8(15-5-7)10(11,12)13/h2-3,5-6H,4H2,1H3,(H2,14,16). The minimum Gasteiger partial charge on any atom is -0.370 e. The molecule has 0 bridgehead atoms. The number of aromatic nitrogens is 1. The molecule has 3 nitrogen and oxygen atoms in total. The predicted octanol–water partition coefficient (Wildman–Crippen LogP) is 2.08. The second-order valence-electron chi connectivity index (χ2n) is 3.55. The van der Waals surface area contributed by atoms with Crippen molar-refractivity contribution in [2.45, 2.75) is 25.4 Å². The minimum atomic E-state index is -4.44. The summed E-state index contributed by atoms with van der Waals surface area (Å²) in [5.41, 5.74) is 4.61. The zero-order valence-electron chi connectivity index (χ0n) is 8.58. The summed E-state index contributed by atoms with van der Waals surface area (Å²) in [4.78, 5) is 13.9. The lowest BCUT2D eigenvalue weighted by Gasteiger charge is -2.10. The molecular weight excluding hydrogens is 221 g/mol. The molecule has 0 radical (unpaired) electrons. The van der Waals surface area contributed by atoms with Crippen LogP contribution in [0, 0.1) is 0 Å². The average Bonchev–Trinajstić information content (AvgIpc) is 2.15. The summed E-state index contributed by atoms with van der Waals surface area (Å²) in [5.74, 6) is -0.723. The minimum absolute atomic E-state index is 0.0903. The predicted molar refractivity (Wildman–Crippen MR) is 51.5 cm³/mol. The van der Waals surface area contributed by atoms with E-state index in [1.165, 1.54) is 6.07 Å². The van der Waals surface area contributed by atoms with Gasteiger partial charge in [-0.2, -0.15) is 13.2 Å². The number of carbonyl (C=O) groups is 1. The van der Waals surface area contributed by atoms with Crippen molar-refractivity contribution in [3.05, 3.63) is 29.6 Å². The fourth-order valence-electron chi connectivity index (χ4n) is 1.28. The third-order valence-corrected chi connectivity index (χ3v) is 2.15. The van der Waals surface area contributed by atoms with E-state index in [1.54, 1.807) is 6.92 Å². The summed E-state index contributed by atoms with van der Waals surface area (Å²) in [6.07, 6.45) is -3.23. The quantitative estimate of drug-likeness (QED) is 0.867. The van der Waals surface area contributed by atoms with Crippen LogP contribution in [0.15, 0.2) is 18.3 Å². The lowest BCUT2D eigenvalue weighted by molar-refractivity contribution is -0.141. The molecule has 0 saturated carbocycles. The maximum atomic E-state index is 12.2. The van der Waals surface area contributed by atoms with Crippen LogP contribution in [0.5, 0.6) is 0 Å². The Labute approximate surface area is 90.5 Å². The molecule has 1 aromatic heterocycles. The molecular formula is C10H11F3N2O. The molecule has 1 amide bonds. The van der Waals surface area contributed by atoms with Crippen LogP contribution in [-0.4, -0.2) is 10.9 Å². The van der Waals surface area contributed by atoms with E-state index in [9.17, 15) is 18.0 Å². The van der Waals surface area contributed by atoms with Gasteiger partial charge < -0.3 is 5.73 Å². The smallest absolute Gasteiger partial charge is 0.370 e. The van der Waals surface area contributed by atoms with Gasteiger partial charge in [0.05, 0.1) is 0 Å². The van der Waals surface area contributed by atoms with E-state index in [0.717, 1.165) is 12.3 Å². The summed E-state index contributed by atoms with van der Waals surface area (Å²) in [5, 5.41) is 0. The van der Waals surface area contributed by atoms with Crippen LogP contribution < -0.4 is 5.73 Å². The molecule has 0 aromatic carbocycles. The Morgan fingerprint density at radius 1 is 1.50 bits per heavy atom. The van der Waals surface area contributed by atoms with Crippen LogP contribution in [0.4, 0.5) is 13.2 Å². The van der Waals surface area contributed by atoms with Crippen molar-refractivity contribution in [1.82, 2.24) is 4.98 Å². The molecule has 1 aromatic rings. The monoisotopic (exact) mass is 232 g/mol. The number of halogens is 3. The molecule has 6 heteroatoms. The Balaban J connectivity index is 2.83. The van der Waals surface area contributed by atoms with Gasteiger partial charge in [-0.15, -0.1) is 0 Å². The van der Waals surface area contributed by atoms with E-state index in [-0.39, 0.29) is 12.3 Å². The van der Waals surface area contributed by atoms with Crippen molar-refractivity contribution in [3.8, 4) is 0 Å². The van der Waals surface area contributed by atoms with Crippen molar-refractivity contribution in [3.63, 3.8) is 0 Å². The molecule has 0 spiro atoms. The van der Waals surface area contributed by atoms with E-state index in [4.69, 9.17) is 5.73 Å². The molecule has 0 saturated heterocycles.